The van der Waals surface area contributed by atoms with E-state index in [0.717, 1.165) is 12.1 Å². The lowest BCUT2D eigenvalue weighted by molar-refractivity contribution is -0.318. The van der Waals surface area contributed by atoms with Crippen LogP contribution < -0.4 is 14.9 Å². The third kappa shape index (κ3) is 5.99. The third-order valence-corrected chi connectivity index (χ3v) is 7.40. The molecule has 2 aliphatic rings. The quantitative estimate of drug-likeness (QED) is 0.159. The van der Waals surface area contributed by atoms with E-state index in [0.29, 0.717) is 5.56 Å². The zero-order valence-electron chi connectivity index (χ0n) is 22.9. The molecule has 5 rings (SSSR count). The Morgan fingerprint density at radius 2 is 1.49 bits per heavy atom. The second-order valence-corrected chi connectivity index (χ2v) is 10.3. The molecule has 10 atom stereocenters. The van der Waals surface area contributed by atoms with Crippen LogP contribution in [-0.4, -0.2) is 116 Å². The summed E-state index contributed by atoms with van der Waals surface area (Å²) >= 11 is 0. The largest absolute Gasteiger partial charge is 0.507 e. The molecule has 0 radical (unpaired) electrons. The zero-order valence-corrected chi connectivity index (χ0v) is 22.9. The number of methoxy groups -OCH3 is 1. The minimum absolute atomic E-state index is 0.0517. The Kier molecular flexibility index (Phi) is 8.80. The van der Waals surface area contributed by atoms with Gasteiger partial charge in [-0.15, -0.1) is 0 Å². The molecule has 0 amide bonds. The van der Waals surface area contributed by atoms with Gasteiger partial charge in [0.05, 0.1) is 19.8 Å². The lowest BCUT2D eigenvalue weighted by Gasteiger charge is -2.42. The molecule has 43 heavy (non-hydrogen) atoms. The molecule has 2 saturated heterocycles. The molecule has 0 spiro atoms. The highest BCUT2D eigenvalue weighted by molar-refractivity contribution is 5.86. The average Bonchev–Trinajstić information content (AvgIpc) is 2.97. The predicted octanol–water partition coefficient (Wildman–Crippen LogP) is -1.09. The minimum Gasteiger partial charge on any atom is -0.507 e. The molecule has 15 nitrogen and oxygen atoms in total. The normalized spacial score (nSPS) is 32.9. The van der Waals surface area contributed by atoms with Gasteiger partial charge >= 0.3 is 0 Å². The van der Waals surface area contributed by atoms with Crippen LogP contribution in [0.1, 0.15) is 6.92 Å². The first kappa shape index (κ1) is 30.9. The van der Waals surface area contributed by atoms with Crippen LogP contribution in [0.4, 0.5) is 0 Å². The predicted molar refractivity (Wildman–Crippen MR) is 143 cm³/mol. The van der Waals surface area contributed by atoms with Crippen molar-refractivity contribution in [2.45, 2.75) is 68.3 Å². The summed E-state index contributed by atoms with van der Waals surface area (Å²) in [6.07, 6.45) is -15.0. The van der Waals surface area contributed by atoms with Crippen molar-refractivity contribution in [2.24, 2.45) is 0 Å². The highest BCUT2D eigenvalue weighted by Crippen LogP contribution is 2.35. The first-order valence-corrected chi connectivity index (χ1v) is 13.3. The standard InChI is InChI=1S/C28H32O15/c1-10-21(32)23(34)25(36)27(40-10)39-9-19-22(33)24(35)26(37)28(43-19)41-12-6-14(30)20-15(31)8-17(42-18(20)7-12)11-3-4-16(38-2)13(29)5-11/h3-8,10,19,21-30,32-37H,9H2,1-2H3/t10-,19+,21-,22+,23-,24+,25-,26-,27-,28+/m0/s1. The fourth-order valence-electron chi connectivity index (χ4n) is 4.92. The van der Waals surface area contributed by atoms with E-state index in [-0.39, 0.29) is 34.0 Å². The van der Waals surface area contributed by atoms with Crippen LogP contribution in [0.3, 0.4) is 0 Å². The fraction of sp³-hybridized carbons (Fsp3) is 0.464. The van der Waals surface area contributed by atoms with Crippen molar-refractivity contribution >= 4 is 11.0 Å². The molecule has 2 aromatic carbocycles. The van der Waals surface area contributed by atoms with Crippen molar-refractivity contribution in [3.63, 3.8) is 0 Å². The molecular weight excluding hydrogens is 576 g/mol. The highest BCUT2D eigenvalue weighted by atomic mass is 16.7. The molecule has 3 aromatic rings. The maximum absolute atomic E-state index is 12.8. The number of ether oxygens (including phenoxy) is 5. The Bertz CT molecular complexity index is 1510. The molecule has 0 unspecified atom stereocenters. The Hall–Kier alpha value is -3.51. The van der Waals surface area contributed by atoms with Crippen LogP contribution in [0.25, 0.3) is 22.3 Å². The number of rotatable bonds is 7. The summed E-state index contributed by atoms with van der Waals surface area (Å²) in [5, 5.41) is 82.0. The Morgan fingerprint density at radius 3 is 2.19 bits per heavy atom. The molecule has 2 aliphatic heterocycles. The number of aromatic hydroxyl groups is 2. The number of aliphatic hydroxyl groups is 6. The van der Waals surface area contributed by atoms with Gasteiger partial charge in [-0.25, -0.2) is 0 Å². The van der Waals surface area contributed by atoms with E-state index >= 15 is 0 Å². The first-order valence-electron chi connectivity index (χ1n) is 13.3. The maximum Gasteiger partial charge on any atom is 0.229 e. The number of fused-ring (bicyclic) bond motifs is 1. The van der Waals surface area contributed by atoms with Crippen molar-refractivity contribution in [1.29, 1.82) is 0 Å². The van der Waals surface area contributed by atoms with Gasteiger partial charge < -0.3 is 69.0 Å². The fourth-order valence-corrected chi connectivity index (χ4v) is 4.92. The number of benzene rings is 2. The molecule has 0 bridgehead atoms. The van der Waals surface area contributed by atoms with Gasteiger partial charge in [0.15, 0.2) is 23.2 Å². The third-order valence-electron chi connectivity index (χ3n) is 7.40. The second kappa shape index (κ2) is 12.2. The second-order valence-electron chi connectivity index (χ2n) is 10.3. The lowest BCUT2D eigenvalue weighted by Crippen LogP contribution is -2.61. The molecule has 1 aromatic heterocycles. The van der Waals surface area contributed by atoms with Gasteiger partial charge in [0.1, 0.15) is 71.0 Å². The Labute approximate surface area is 243 Å². The van der Waals surface area contributed by atoms with Crippen LogP contribution in [0.2, 0.25) is 0 Å². The molecule has 2 fully saturated rings. The molecule has 234 valence electrons. The van der Waals surface area contributed by atoms with E-state index < -0.39 is 79.2 Å². The summed E-state index contributed by atoms with van der Waals surface area (Å²) in [5.41, 5.74) is -0.381. The van der Waals surface area contributed by atoms with Crippen LogP contribution in [0.5, 0.6) is 23.0 Å². The van der Waals surface area contributed by atoms with Crippen molar-refractivity contribution in [2.75, 3.05) is 13.7 Å². The summed E-state index contributed by atoms with van der Waals surface area (Å²) < 4.78 is 32.9. The monoisotopic (exact) mass is 608 g/mol. The maximum atomic E-state index is 12.8. The Morgan fingerprint density at radius 1 is 0.791 bits per heavy atom. The van der Waals surface area contributed by atoms with Gasteiger partial charge in [-0.3, -0.25) is 4.79 Å². The SMILES string of the molecule is COc1ccc(-c2cc(=O)c3c(O)cc(O[C@@H]4O[C@H](CO[C@H]5O[C@@H](C)[C@H](O)[C@H](O)[C@@H]5O)[C@@H](O)[C@@H](O)[C@@H]4O)cc3o2)cc1O. The van der Waals surface area contributed by atoms with Crippen LogP contribution >= 0.6 is 0 Å². The van der Waals surface area contributed by atoms with E-state index in [9.17, 15) is 45.6 Å². The number of hydrogen-bond acceptors (Lipinski definition) is 15. The van der Waals surface area contributed by atoms with Gasteiger partial charge in [-0.2, -0.15) is 0 Å². The first-order chi connectivity index (χ1) is 20.4. The molecule has 3 heterocycles. The summed E-state index contributed by atoms with van der Waals surface area (Å²) in [7, 11) is 1.38. The van der Waals surface area contributed by atoms with Crippen molar-refractivity contribution in [3.05, 3.63) is 46.6 Å². The van der Waals surface area contributed by atoms with E-state index in [4.69, 9.17) is 28.1 Å². The summed E-state index contributed by atoms with van der Waals surface area (Å²) in [6, 6.07) is 7.78. The summed E-state index contributed by atoms with van der Waals surface area (Å²) in [4.78, 5) is 12.8. The number of phenolic OH excluding ortho intramolecular Hbond substituents is 2. The van der Waals surface area contributed by atoms with Crippen LogP contribution in [0, 0.1) is 0 Å². The van der Waals surface area contributed by atoms with Crippen molar-refractivity contribution in [1.82, 2.24) is 0 Å². The lowest BCUT2D eigenvalue weighted by atomic mass is 9.98. The van der Waals surface area contributed by atoms with Crippen molar-refractivity contribution < 1.29 is 69.0 Å². The number of aliphatic hydroxyl groups excluding tert-OH is 6. The molecule has 15 heteroatoms. The van der Waals surface area contributed by atoms with Crippen LogP contribution in [-0.2, 0) is 14.2 Å². The van der Waals surface area contributed by atoms with E-state index in [1.807, 2.05) is 0 Å². The minimum atomic E-state index is -1.78. The topological polar surface area (TPSA) is 238 Å². The van der Waals surface area contributed by atoms with Gasteiger partial charge in [-0.1, -0.05) is 0 Å². The number of phenols is 2. The van der Waals surface area contributed by atoms with E-state index in [1.165, 1.54) is 32.2 Å². The summed E-state index contributed by atoms with van der Waals surface area (Å²) in [5.74, 6) is -0.605. The molecule has 8 N–H and O–H groups in total. The van der Waals surface area contributed by atoms with E-state index in [1.54, 1.807) is 6.07 Å². The van der Waals surface area contributed by atoms with Gasteiger partial charge in [0, 0.05) is 23.8 Å². The Balaban J connectivity index is 1.36. The highest BCUT2D eigenvalue weighted by Gasteiger charge is 2.47. The smallest absolute Gasteiger partial charge is 0.229 e. The zero-order chi connectivity index (χ0) is 31.2. The average molecular weight is 609 g/mol. The van der Waals surface area contributed by atoms with Crippen LogP contribution in [0.15, 0.2) is 45.6 Å². The van der Waals surface area contributed by atoms with Gasteiger partial charge in [0.25, 0.3) is 0 Å². The summed E-state index contributed by atoms with van der Waals surface area (Å²) in [6.45, 7) is 0.953. The van der Waals surface area contributed by atoms with Gasteiger partial charge in [-0.05, 0) is 25.1 Å². The van der Waals surface area contributed by atoms with E-state index in [2.05, 4.69) is 0 Å². The molecule has 0 aliphatic carbocycles. The molecular formula is C28H32O15. The van der Waals surface area contributed by atoms with Gasteiger partial charge in [0.2, 0.25) is 6.29 Å². The van der Waals surface area contributed by atoms with Crippen molar-refractivity contribution in [3.8, 4) is 34.3 Å². The number of hydrogen-bond donors (Lipinski definition) is 8. The molecule has 0 saturated carbocycles.